The molecule has 2 rings (SSSR count). The van der Waals surface area contributed by atoms with Crippen molar-refractivity contribution in [3.05, 3.63) is 57.0 Å². The molecule has 3 N–H and O–H groups in total. The number of benzene rings is 1. The van der Waals surface area contributed by atoms with Crippen LogP contribution in [0, 0.1) is 5.82 Å². The third kappa shape index (κ3) is 3.04. The Kier molecular flexibility index (Phi) is 4.12. The zero-order chi connectivity index (χ0) is 12.3. The largest absolute Gasteiger partial charge is 0.271 e. The fourth-order valence-corrected chi connectivity index (χ4v) is 2.57. The summed E-state index contributed by atoms with van der Waals surface area (Å²) in [7, 11) is 0. The summed E-state index contributed by atoms with van der Waals surface area (Å²) in [6.45, 7) is 0. The van der Waals surface area contributed by atoms with E-state index in [2.05, 4.69) is 5.43 Å². The van der Waals surface area contributed by atoms with Gasteiger partial charge in [-0.15, -0.1) is 0 Å². The number of nitrogens with two attached hydrogens (primary N) is 1. The number of hydrazine groups is 1. The molecule has 0 saturated heterocycles. The molecular weight excluding hydrogens is 259 g/mol. The molecule has 0 radical (unpaired) electrons. The number of rotatable bonds is 4. The van der Waals surface area contributed by atoms with Crippen LogP contribution in [0.25, 0.3) is 0 Å². The molecule has 90 valence electrons. The highest BCUT2D eigenvalue weighted by Gasteiger charge is 2.13. The monoisotopic (exact) mass is 270 g/mol. The molecule has 0 aliphatic heterocycles. The Labute approximate surface area is 108 Å². The third-order valence-electron chi connectivity index (χ3n) is 2.58. The summed E-state index contributed by atoms with van der Waals surface area (Å²) < 4.78 is 13.6. The first kappa shape index (κ1) is 12.5. The van der Waals surface area contributed by atoms with Crippen molar-refractivity contribution in [1.29, 1.82) is 0 Å². The van der Waals surface area contributed by atoms with E-state index in [0.29, 0.717) is 17.0 Å². The summed E-state index contributed by atoms with van der Waals surface area (Å²) >= 11 is 7.44. The van der Waals surface area contributed by atoms with E-state index in [9.17, 15) is 4.39 Å². The maximum absolute atomic E-state index is 13.6. The second-order valence-corrected chi connectivity index (χ2v) is 4.93. The van der Waals surface area contributed by atoms with E-state index in [1.165, 1.54) is 12.1 Å². The number of halogens is 2. The van der Waals surface area contributed by atoms with Crippen molar-refractivity contribution in [3.8, 4) is 0 Å². The van der Waals surface area contributed by atoms with E-state index in [-0.39, 0.29) is 11.9 Å². The van der Waals surface area contributed by atoms with Gasteiger partial charge in [0.05, 0.1) is 6.04 Å². The Morgan fingerprint density at radius 3 is 2.88 bits per heavy atom. The average molecular weight is 271 g/mol. The summed E-state index contributed by atoms with van der Waals surface area (Å²) in [5.74, 6) is 5.24. The van der Waals surface area contributed by atoms with Crippen LogP contribution in [-0.2, 0) is 6.42 Å². The van der Waals surface area contributed by atoms with Crippen LogP contribution < -0.4 is 11.3 Å². The van der Waals surface area contributed by atoms with Gasteiger partial charge in [0.25, 0.3) is 0 Å². The van der Waals surface area contributed by atoms with Crippen LogP contribution in [0.15, 0.2) is 35.0 Å². The molecule has 0 aliphatic carbocycles. The molecule has 0 bridgehead atoms. The van der Waals surface area contributed by atoms with Crippen LogP contribution in [0.4, 0.5) is 4.39 Å². The van der Waals surface area contributed by atoms with Gasteiger partial charge in [-0.25, -0.2) is 4.39 Å². The van der Waals surface area contributed by atoms with Crippen LogP contribution in [-0.4, -0.2) is 0 Å². The van der Waals surface area contributed by atoms with Crippen molar-refractivity contribution in [1.82, 2.24) is 5.43 Å². The lowest BCUT2D eigenvalue weighted by Gasteiger charge is -2.15. The summed E-state index contributed by atoms with van der Waals surface area (Å²) in [6.07, 6.45) is 0.472. The molecule has 2 aromatic rings. The Hall–Kier alpha value is -0.940. The maximum Gasteiger partial charge on any atom is 0.126 e. The van der Waals surface area contributed by atoms with E-state index in [0.717, 1.165) is 5.56 Å². The smallest absolute Gasteiger partial charge is 0.126 e. The second kappa shape index (κ2) is 5.60. The maximum atomic E-state index is 13.6. The number of thiophene rings is 1. The normalized spacial score (nSPS) is 12.6. The Bertz CT molecular complexity index is 487. The van der Waals surface area contributed by atoms with Gasteiger partial charge >= 0.3 is 0 Å². The van der Waals surface area contributed by atoms with Crippen molar-refractivity contribution < 1.29 is 4.39 Å². The standard InChI is InChI=1S/C12H12ClFN2S/c13-10-1-2-11(14)9(5-10)6-12(16-15)8-3-4-17-7-8/h1-5,7,12,16H,6,15H2. The van der Waals surface area contributed by atoms with Crippen molar-refractivity contribution in [2.24, 2.45) is 5.84 Å². The van der Waals surface area contributed by atoms with Crippen LogP contribution >= 0.6 is 22.9 Å². The summed E-state index contributed by atoms with van der Waals surface area (Å²) in [4.78, 5) is 0. The first-order valence-electron chi connectivity index (χ1n) is 5.13. The molecule has 2 nitrogen and oxygen atoms in total. The van der Waals surface area contributed by atoms with Crippen LogP contribution in [0.2, 0.25) is 5.02 Å². The summed E-state index contributed by atoms with van der Waals surface area (Å²) in [5.41, 5.74) is 4.31. The van der Waals surface area contributed by atoms with E-state index in [1.807, 2.05) is 16.8 Å². The lowest BCUT2D eigenvalue weighted by molar-refractivity contribution is 0.530. The number of hydrogen-bond acceptors (Lipinski definition) is 3. The second-order valence-electron chi connectivity index (χ2n) is 3.72. The zero-order valence-corrected chi connectivity index (χ0v) is 10.6. The van der Waals surface area contributed by atoms with E-state index in [1.54, 1.807) is 17.4 Å². The van der Waals surface area contributed by atoms with Crippen molar-refractivity contribution in [3.63, 3.8) is 0 Å². The minimum Gasteiger partial charge on any atom is -0.271 e. The van der Waals surface area contributed by atoms with Gasteiger partial charge in [-0.1, -0.05) is 11.6 Å². The molecule has 5 heteroatoms. The minimum atomic E-state index is -0.259. The number of hydrogen-bond donors (Lipinski definition) is 2. The molecule has 1 atom stereocenters. The highest BCUT2D eigenvalue weighted by atomic mass is 35.5. The zero-order valence-electron chi connectivity index (χ0n) is 8.99. The third-order valence-corrected chi connectivity index (χ3v) is 3.52. The van der Waals surface area contributed by atoms with Gasteiger partial charge in [-0.2, -0.15) is 11.3 Å². The van der Waals surface area contributed by atoms with Gasteiger partial charge in [-0.05, 0) is 52.6 Å². The minimum absolute atomic E-state index is 0.103. The van der Waals surface area contributed by atoms with Crippen LogP contribution in [0.1, 0.15) is 17.2 Å². The Balaban J connectivity index is 2.21. The highest BCUT2D eigenvalue weighted by molar-refractivity contribution is 7.07. The molecular formula is C12H12ClFN2S. The summed E-state index contributed by atoms with van der Waals surface area (Å²) in [5, 5.41) is 4.49. The fourth-order valence-electron chi connectivity index (χ4n) is 1.67. The summed E-state index contributed by atoms with van der Waals surface area (Å²) in [6, 6.07) is 6.41. The van der Waals surface area contributed by atoms with Crippen molar-refractivity contribution in [2.45, 2.75) is 12.5 Å². The molecule has 1 heterocycles. The van der Waals surface area contributed by atoms with E-state index >= 15 is 0 Å². The molecule has 0 saturated carbocycles. The van der Waals surface area contributed by atoms with Crippen LogP contribution in [0.3, 0.4) is 0 Å². The quantitative estimate of drug-likeness (QED) is 0.661. The van der Waals surface area contributed by atoms with Gasteiger partial charge in [0.2, 0.25) is 0 Å². The fraction of sp³-hybridized carbons (Fsp3) is 0.167. The topological polar surface area (TPSA) is 38.0 Å². The highest BCUT2D eigenvalue weighted by Crippen LogP contribution is 2.23. The predicted molar refractivity (Wildman–Crippen MR) is 69.5 cm³/mol. The predicted octanol–water partition coefficient (Wildman–Crippen LogP) is 3.29. The molecule has 0 spiro atoms. The lowest BCUT2D eigenvalue weighted by atomic mass is 10.0. The molecule has 1 aromatic heterocycles. The molecule has 1 aromatic carbocycles. The lowest BCUT2D eigenvalue weighted by Crippen LogP contribution is -2.29. The molecule has 0 aliphatic rings. The molecule has 17 heavy (non-hydrogen) atoms. The average Bonchev–Trinajstić information content (AvgIpc) is 2.84. The molecule has 0 fully saturated rings. The van der Waals surface area contributed by atoms with E-state index < -0.39 is 0 Å². The van der Waals surface area contributed by atoms with Crippen molar-refractivity contribution in [2.75, 3.05) is 0 Å². The van der Waals surface area contributed by atoms with Crippen molar-refractivity contribution >= 4 is 22.9 Å². The Morgan fingerprint density at radius 2 is 2.24 bits per heavy atom. The Morgan fingerprint density at radius 1 is 1.41 bits per heavy atom. The van der Waals surface area contributed by atoms with Gasteiger partial charge in [0.1, 0.15) is 5.82 Å². The first-order valence-corrected chi connectivity index (χ1v) is 6.45. The van der Waals surface area contributed by atoms with Gasteiger partial charge < -0.3 is 0 Å². The molecule has 1 unspecified atom stereocenters. The van der Waals surface area contributed by atoms with Crippen LogP contribution in [0.5, 0.6) is 0 Å². The van der Waals surface area contributed by atoms with E-state index in [4.69, 9.17) is 17.4 Å². The molecule has 0 amide bonds. The van der Waals surface area contributed by atoms with Gasteiger partial charge in [0.15, 0.2) is 0 Å². The number of nitrogens with one attached hydrogen (secondary N) is 1. The SMILES string of the molecule is NNC(Cc1cc(Cl)ccc1F)c1ccsc1. The first-order chi connectivity index (χ1) is 8.20. The van der Waals surface area contributed by atoms with Gasteiger partial charge in [0, 0.05) is 5.02 Å². The van der Waals surface area contributed by atoms with Gasteiger partial charge in [-0.3, -0.25) is 11.3 Å².